The number of hydrogen-bond donors (Lipinski definition) is 2. The second-order valence-corrected chi connectivity index (χ2v) is 6.79. The highest BCUT2D eigenvalue weighted by Crippen LogP contribution is 2.18. The van der Waals surface area contributed by atoms with E-state index in [4.69, 9.17) is 10.5 Å². The quantitative estimate of drug-likeness (QED) is 0.611. The number of sulfonamides is 1. The fourth-order valence-electron chi connectivity index (χ4n) is 2.01. The van der Waals surface area contributed by atoms with Gasteiger partial charge in [-0.2, -0.15) is 15.6 Å². The van der Waals surface area contributed by atoms with Gasteiger partial charge in [-0.25, -0.2) is 13.1 Å². The van der Waals surface area contributed by atoms with Gasteiger partial charge in [-0.05, 0) is 36.8 Å². The molecular weight excluding hydrogens is 338 g/mol. The summed E-state index contributed by atoms with van der Waals surface area (Å²) in [4.78, 5) is 0.102. The van der Waals surface area contributed by atoms with Crippen molar-refractivity contribution in [2.75, 3.05) is 5.43 Å². The normalized spacial score (nSPS) is 11.6. The summed E-state index contributed by atoms with van der Waals surface area (Å²) < 4.78 is 27.5. The van der Waals surface area contributed by atoms with E-state index in [9.17, 15) is 8.42 Å². The molecule has 0 saturated carbocycles. The zero-order chi connectivity index (χ0) is 18.3. The molecule has 0 radical (unpaired) electrons. The molecule has 8 heteroatoms. The van der Waals surface area contributed by atoms with Gasteiger partial charge in [-0.3, -0.25) is 5.43 Å². The first-order valence-corrected chi connectivity index (χ1v) is 8.76. The molecule has 2 rings (SSSR count). The van der Waals surface area contributed by atoms with Crippen LogP contribution in [0.2, 0.25) is 0 Å². The predicted molar refractivity (Wildman–Crippen MR) is 93.9 cm³/mol. The summed E-state index contributed by atoms with van der Waals surface area (Å²) in [6.07, 6.45) is 0. The van der Waals surface area contributed by atoms with Crippen molar-refractivity contribution in [1.82, 2.24) is 4.72 Å². The molecule has 0 spiro atoms. The molecule has 0 bridgehead atoms. The molecule has 0 aromatic heterocycles. The largest absolute Gasteiger partial charge is 0.277 e. The predicted octanol–water partition coefficient (Wildman–Crippen LogP) is 2.54. The molecule has 0 aliphatic rings. The number of rotatable bonds is 6. The molecule has 25 heavy (non-hydrogen) atoms. The van der Waals surface area contributed by atoms with Crippen molar-refractivity contribution in [3.63, 3.8) is 0 Å². The SMILES string of the molecule is CC(NS(=O)(=O)c1ccc(NN=C(C#N)C#N)cc1)c1ccccc1. The molecule has 2 aromatic rings. The van der Waals surface area contributed by atoms with Crippen LogP contribution >= 0.6 is 0 Å². The van der Waals surface area contributed by atoms with Crippen molar-refractivity contribution in [3.8, 4) is 12.1 Å². The molecule has 0 aliphatic carbocycles. The van der Waals surface area contributed by atoms with Gasteiger partial charge in [0.1, 0.15) is 12.1 Å². The Morgan fingerprint density at radius 2 is 1.64 bits per heavy atom. The molecule has 0 heterocycles. The summed E-state index contributed by atoms with van der Waals surface area (Å²) in [5.41, 5.74) is 3.51. The van der Waals surface area contributed by atoms with Gasteiger partial charge in [0.2, 0.25) is 15.7 Å². The average molecular weight is 353 g/mol. The number of hydrazone groups is 1. The Morgan fingerprint density at radius 3 is 2.20 bits per heavy atom. The van der Waals surface area contributed by atoms with Gasteiger partial charge in [-0.15, -0.1) is 0 Å². The fourth-order valence-corrected chi connectivity index (χ4v) is 3.25. The molecule has 0 saturated heterocycles. The number of nitrogens with zero attached hydrogens (tertiary/aromatic N) is 3. The molecule has 1 unspecified atom stereocenters. The third kappa shape index (κ3) is 4.88. The van der Waals surface area contributed by atoms with E-state index < -0.39 is 10.0 Å². The fraction of sp³-hybridized carbons (Fsp3) is 0.118. The maximum Gasteiger partial charge on any atom is 0.241 e. The lowest BCUT2D eigenvalue weighted by molar-refractivity contribution is 0.567. The van der Waals surface area contributed by atoms with Crippen molar-refractivity contribution in [2.45, 2.75) is 17.9 Å². The van der Waals surface area contributed by atoms with Gasteiger partial charge >= 0.3 is 0 Å². The van der Waals surface area contributed by atoms with Crippen LogP contribution in [0.4, 0.5) is 5.69 Å². The van der Waals surface area contributed by atoms with Crippen LogP contribution in [-0.2, 0) is 10.0 Å². The maximum atomic E-state index is 12.4. The highest BCUT2D eigenvalue weighted by molar-refractivity contribution is 7.89. The number of anilines is 1. The second kappa shape index (κ2) is 8.06. The van der Waals surface area contributed by atoms with Crippen molar-refractivity contribution >= 4 is 21.4 Å². The van der Waals surface area contributed by atoms with E-state index in [0.717, 1.165) is 5.56 Å². The molecule has 0 aliphatic heterocycles. The first kappa shape index (κ1) is 18.1. The summed E-state index contributed by atoms with van der Waals surface area (Å²) in [5, 5.41) is 20.8. The average Bonchev–Trinajstić information content (AvgIpc) is 2.63. The van der Waals surface area contributed by atoms with Gasteiger partial charge < -0.3 is 0 Å². The summed E-state index contributed by atoms with van der Waals surface area (Å²) in [5.74, 6) is 0. The standard InChI is InChI=1S/C17H15N5O2S/c1-13(14-5-3-2-4-6-14)22-25(23,24)17-9-7-15(8-10-17)20-21-16(11-18)12-19/h2-10,13,20,22H,1H3. The first-order chi connectivity index (χ1) is 12.0. The lowest BCUT2D eigenvalue weighted by atomic mass is 10.1. The highest BCUT2D eigenvalue weighted by Gasteiger charge is 2.18. The van der Waals surface area contributed by atoms with Crippen LogP contribution in [0, 0.1) is 22.7 Å². The van der Waals surface area contributed by atoms with E-state index in [0.29, 0.717) is 5.69 Å². The van der Waals surface area contributed by atoms with Crippen LogP contribution in [0.3, 0.4) is 0 Å². The van der Waals surface area contributed by atoms with E-state index in [2.05, 4.69) is 15.2 Å². The molecule has 2 N–H and O–H groups in total. The summed E-state index contributed by atoms with van der Waals surface area (Å²) >= 11 is 0. The van der Waals surface area contributed by atoms with Crippen molar-refractivity contribution < 1.29 is 8.42 Å². The van der Waals surface area contributed by atoms with E-state index in [1.807, 2.05) is 30.3 Å². The molecule has 7 nitrogen and oxygen atoms in total. The van der Waals surface area contributed by atoms with E-state index >= 15 is 0 Å². The molecular formula is C17H15N5O2S. The minimum absolute atomic E-state index is 0.102. The second-order valence-electron chi connectivity index (χ2n) is 5.07. The smallest absolute Gasteiger partial charge is 0.241 e. The van der Waals surface area contributed by atoms with Crippen LogP contribution in [0.5, 0.6) is 0 Å². The Morgan fingerprint density at radius 1 is 1.04 bits per heavy atom. The Labute approximate surface area is 146 Å². The summed E-state index contributed by atoms with van der Waals surface area (Å²) in [6.45, 7) is 1.77. The minimum Gasteiger partial charge on any atom is -0.277 e. The molecule has 1 atom stereocenters. The third-order valence-electron chi connectivity index (χ3n) is 3.30. The van der Waals surface area contributed by atoms with Gasteiger partial charge in [0, 0.05) is 6.04 Å². The number of nitriles is 2. The van der Waals surface area contributed by atoms with Crippen molar-refractivity contribution in [1.29, 1.82) is 10.5 Å². The summed E-state index contributed by atoms with van der Waals surface area (Å²) in [6, 6.07) is 17.9. The summed E-state index contributed by atoms with van der Waals surface area (Å²) in [7, 11) is -3.68. The first-order valence-electron chi connectivity index (χ1n) is 7.27. The number of benzene rings is 2. The third-order valence-corrected chi connectivity index (χ3v) is 4.86. The Balaban J connectivity index is 2.12. The molecule has 126 valence electrons. The Bertz CT molecular complexity index is 923. The van der Waals surface area contributed by atoms with E-state index in [-0.39, 0.29) is 16.6 Å². The molecule has 0 amide bonds. The molecule has 0 fully saturated rings. The lowest BCUT2D eigenvalue weighted by Crippen LogP contribution is -2.26. The van der Waals surface area contributed by atoms with Crippen LogP contribution in [0.25, 0.3) is 0 Å². The highest BCUT2D eigenvalue weighted by atomic mass is 32.2. The van der Waals surface area contributed by atoms with Gasteiger partial charge in [-0.1, -0.05) is 30.3 Å². The minimum atomic E-state index is -3.68. The van der Waals surface area contributed by atoms with Crippen LogP contribution in [0.15, 0.2) is 64.6 Å². The van der Waals surface area contributed by atoms with Crippen LogP contribution < -0.4 is 10.1 Å². The van der Waals surface area contributed by atoms with E-state index in [1.54, 1.807) is 19.1 Å². The number of hydrogen-bond acceptors (Lipinski definition) is 6. The number of nitrogens with one attached hydrogen (secondary N) is 2. The van der Waals surface area contributed by atoms with Crippen molar-refractivity contribution in [2.24, 2.45) is 5.10 Å². The Kier molecular flexibility index (Phi) is 5.85. The molecule has 2 aromatic carbocycles. The van der Waals surface area contributed by atoms with Gasteiger partial charge in [0.15, 0.2) is 0 Å². The van der Waals surface area contributed by atoms with Crippen LogP contribution in [-0.4, -0.2) is 14.1 Å². The zero-order valence-corrected chi connectivity index (χ0v) is 14.2. The van der Waals surface area contributed by atoms with Crippen molar-refractivity contribution in [3.05, 3.63) is 60.2 Å². The monoisotopic (exact) mass is 353 g/mol. The lowest BCUT2D eigenvalue weighted by Gasteiger charge is -2.14. The van der Waals surface area contributed by atoms with Gasteiger partial charge in [0.25, 0.3) is 0 Å². The van der Waals surface area contributed by atoms with Crippen LogP contribution in [0.1, 0.15) is 18.5 Å². The zero-order valence-electron chi connectivity index (χ0n) is 13.3. The topological polar surface area (TPSA) is 118 Å². The Hall–Kier alpha value is -3.20. The maximum absolute atomic E-state index is 12.4. The van der Waals surface area contributed by atoms with Gasteiger partial charge in [0.05, 0.1) is 10.6 Å². The van der Waals surface area contributed by atoms with E-state index in [1.165, 1.54) is 24.3 Å².